The van der Waals surface area contributed by atoms with Gasteiger partial charge in [-0.2, -0.15) is 4.98 Å². The zero-order valence-corrected chi connectivity index (χ0v) is 16.1. The van der Waals surface area contributed by atoms with E-state index in [0.29, 0.717) is 30.4 Å². The van der Waals surface area contributed by atoms with Crippen LogP contribution < -0.4 is 10.5 Å². The highest BCUT2D eigenvalue weighted by atomic mass is 32.2. The van der Waals surface area contributed by atoms with Crippen LogP contribution in [0, 0.1) is 13.8 Å². The summed E-state index contributed by atoms with van der Waals surface area (Å²) >= 11 is 0. The third kappa shape index (κ3) is 5.10. The topological polar surface area (TPSA) is 131 Å². The van der Waals surface area contributed by atoms with Crippen molar-refractivity contribution in [1.82, 2.24) is 15.0 Å². The molecule has 0 saturated heterocycles. The van der Waals surface area contributed by atoms with Gasteiger partial charge in [-0.3, -0.25) is 9.69 Å². The van der Waals surface area contributed by atoms with Crippen molar-refractivity contribution < 1.29 is 17.7 Å². The van der Waals surface area contributed by atoms with Gasteiger partial charge in [-0.1, -0.05) is 12.1 Å². The average Bonchev–Trinajstić information content (AvgIpc) is 2.97. The quantitative estimate of drug-likeness (QED) is 0.730. The number of hydrogen-bond donors (Lipinski definition) is 2. The summed E-state index contributed by atoms with van der Waals surface area (Å²) in [6.07, 6.45) is 0.673. The fraction of sp³-hybridized carbons (Fsp3) is 0.438. The maximum atomic E-state index is 12.3. The molecular formula is C16H23N5O4S. The molecule has 0 aliphatic heterocycles. The Kier molecular flexibility index (Phi) is 6.11. The van der Waals surface area contributed by atoms with E-state index in [1.54, 1.807) is 25.8 Å². The molecule has 3 N–H and O–H groups in total. The monoisotopic (exact) mass is 381 g/mol. The van der Waals surface area contributed by atoms with Gasteiger partial charge in [0.1, 0.15) is 0 Å². The Balaban J connectivity index is 2.06. The molecule has 1 aromatic carbocycles. The molecule has 26 heavy (non-hydrogen) atoms. The lowest BCUT2D eigenvalue weighted by Gasteiger charge is -2.16. The molecule has 0 fully saturated rings. The highest BCUT2D eigenvalue weighted by Gasteiger charge is 2.16. The Morgan fingerprint density at radius 2 is 2.04 bits per heavy atom. The number of amides is 1. The predicted octanol–water partition coefficient (Wildman–Crippen LogP) is 0.967. The van der Waals surface area contributed by atoms with Crippen molar-refractivity contribution >= 4 is 21.6 Å². The number of sulfonamides is 1. The molecule has 9 nitrogen and oxygen atoms in total. The SMILES string of the molecule is CCc1noc(CN(C)CC(=O)Nc2cc(S(N)(=O)=O)cc(C)c2C)n1. The lowest BCUT2D eigenvalue weighted by Crippen LogP contribution is -2.30. The van der Waals surface area contributed by atoms with E-state index in [0.717, 1.165) is 11.1 Å². The number of nitrogens with one attached hydrogen (secondary N) is 1. The summed E-state index contributed by atoms with van der Waals surface area (Å²) in [4.78, 5) is 18.2. The predicted molar refractivity (Wildman–Crippen MR) is 95.9 cm³/mol. The van der Waals surface area contributed by atoms with Gasteiger partial charge >= 0.3 is 0 Å². The fourth-order valence-corrected chi connectivity index (χ4v) is 2.96. The first-order chi connectivity index (χ1) is 12.1. The Bertz CT molecular complexity index is 907. The lowest BCUT2D eigenvalue weighted by atomic mass is 10.1. The van der Waals surface area contributed by atoms with Crippen molar-refractivity contribution in [3.63, 3.8) is 0 Å². The number of anilines is 1. The van der Waals surface area contributed by atoms with E-state index < -0.39 is 10.0 Å². The number of primary sulfonamides is 1. The van der Waals surface area contributed by atoms with Gasteiger partial charge in [0.15, 0.2) is 5.82 Å². The van der Waals surface area contributed by atoms with E-state index in [4.69, 9.17) is 9.66 Å². The molecule has 1 heterocycles. The van der Waals surface area contributed by atoms with E-state index in [1.807, 2.05) is 6.92 Å². The number of nitrogens with two attached hydrogens (primary N) is 1. The van der Waals surface area contributed by atoms with E-state index in [9.17, 15) is 13.2 Å². The van der Waals surface area contributed by atoms with Gasteiger partial charge < -0.3 is 9.84 Å². The molecule has 0 atom stereocenters. The van der Waals surface area contributed by atoms with Crippen molar-refractivity contribution in [1.29, 1.82) is 0 Å². The molecule has 1 aromatic heterocycles. The van der Waals surface area contributed by atoms with Crippen LogP contribution in [0.25, 0.3) is 0 Å². The number of carbonyl (C=O) groups is 1. The van der Waals surface area contributed by atoms with Crippen molar-refractivity contribution in [2.24, 2.45) is 5.14 Å². The molecule has 1 amide bonds. The van der Waals surface area contributed by atoms with Crippen LogP contribution in [0.1, 0.15) is 29.8 Å². The minimum absolute atomic E-state index is 0.0396. The number of nitrogens with zero attached hydrogens (tertiary/aromatic N) is 3. The second-order valence-corrected chi connectivity index (χ2v) is 7.70. The number of benzene rings is 1. The number of aryl methyl sites for hydroxylation is 2. The first-order valence-corrected chi connectivity index (χ1v) is 9.58. The van der Waals surface area contributed by atoms with Gasteiger partial charge in [-0.25, -0.2) is 13.6 Å². The third-order valence-electron chi connectivity index (χ3n) is 3.89. The Morgan fingerprint density at radius 3 is 2.62 bits per heavy atom. The van der Waals surface area contributed by atoms with E-state index >= 15 is 0 Å². The summed E-state index contributed by atoms with van der Waals surface area (Å²) in [5.74, 6) is 0.751. The van der Waals surface area contributed by atoms with E-state index in [2.05, 4.69) is 15.5 Å². The molecule has 142 valence electrons. The van der Waals surface area contributed by atoms with Crippen LogP contribution >= 0.6 is 0 Å². The molecule has 0 aliphatic carbocycles. The van der Waals surface area contributed by atoms with Gasteiger partial charge in [-0.15, -0.1) is 0 Å². The first kappa shape index (κ1) is 20.0. The van der Waals surface area contributed by atoms with E-state index in [1.165, 1.54) is 12.1 Å². The average molecular weight is 381 g/mol. The molecule has 2 aromatic rings. The van der Waals surface area contributed by atoms with Crippen LogP contribution in [-0.2, 0) is 27.8 Å². The molecule has 10 heteroatoms. The summed E-state index contributed by atoms with van der Waals surface area (Å²) in [5, 5.41) is 11.7. The minimum Gasteiger partial charge on any atom is -0.338 e. The molecule has 0 spiro atoms. The van der Waals surface area contributed by atoms with Crippen molar-refractivity contribution in [3.8, 4) is 0 Å². The Hall–Kier alpha value is -2.30. The van der Waals surface area contributed by atoms with Crippen molar-refractivity contribution in [2.45, 2.75) is 38.6 Å². The maximum Gasteiger partial charge on any atom is 0.240 e. The minimum atomic E-state index is -3.85. The summed E-state index contributed by atoms with van der Waals surface area (Å²) < 4.78 is 28.3. The molecule has 2 rings (SSSR count). The van der Waals surface area contributed by atoms with Crippen LogP contribution in [0.5, 0.6) is 0 Å². The summed E-state index contributed by atoms with van der Waals surface area (Å²) in [6.45, 7) is 5.88. The zero-order valence-electron chi connectivity index (χ0n) is 15.2. The van der Waals surface area contributed by atoms with Crippen LogP contribution in [0.3, 0.4) is 0 Å². The van der Waals surface area contributed by atoms with Gasteiger partial charge in [0.05, 0.1) is 18.0 Å². The summed E-state index contributed by atoms with van der Waals surface area (Å²) in [7, 11) is -2.11. The van der Waals surface area contributed by atoms with Crippen molar-refractivity contribution in [2.75, 3.05) is 18.9 Å². The van der Waals surface area contributed by atoms with Gasteiger partial charge in [0, 0.05) is 12.1 Å². The second kappa shape index (κ2) is 7.94. The van der Waals surface area contributed by atoms with E-state index in [-0.39, 0.29) is 17.3 Å². The first-order valence-electron chi connectivity index (χ1n) is 8.04. The Morgan fingerprint density at radius 1 is 1.35 bits per heavy atom. The van der Waals surface area contributed by atoms with Crippen LogP contribution in [-0.4, -0.2) is 43.0 Å². The second-order valence-electron chi connectivity index (χ2n) is 6.14. The largest absolute Gasteiger partial charge is 0.338 e. The Labute approximate surface area is 152 Å². The highest BCUT2D eigenvalue weighted by molar-refractivity contribution is 7.89. The molecule has 0 aliphatic rings. The number of hydrogen-bond acceptors (Lipinski definition) is 7. The number of aromatic nitrogens is 2. The fourth-order valence-electron chi connectivity index (χ4n) is 2.34. The van der Waals surface area contributed by atoms with Gasteiger partial charge in [0.25, 0.3) is 0 Å². The third-order valence-corrected chi connectivity index (χ3v) is 4.78. The van der Waals surface area contributed by atoms with Gasteiger partial charge in [-0.05, 0) is 44.2 Å². The van der Waals surface area contributed by atoms with Crippen LogP contribution in [0.4, 0.5) is 5.69 Å². The van der Waals surface area contributed by atoms with Crippen LogP contribution in [0.15, 0.2) is 21.6 Å². The smallest absolute Gasteiger partial charge is 0.240 e. The van der Waals surface area contributed by atoms with Crippen molar-refractivity contribution in [3.05, 3.63) is 35.0 Å². The number of rotatable bonds is 7. The standard InChI is InChI=1S/C16H23N5O4S/c1-5-14-19-16(25-20-14)9-21(4)8-15(22)18-13-7-12(26(17,23)24)6-10(2)11(13)3/h6-7H,5,8-9H2,1-4H3,(H,18,22)(H2,17,23,24). The number of carbonyl (C=O) groups excluding carboxylic acids is 1. The highest BCUT2D eigenvalue weighted by Crippen LogP contribution is 2.23. The number of likely N-dealkylation sites (N-methyl/N-ethyl adjacent to an activating group) is 1. The normalized spacial score (nSPS) is 11.8. The zero-order chi connectivity index (χ0) is 19.5. The maximum absolute atomic E-state index is 12.3. The molecule has 0 bridgehead atoms. The van der Waals surface area contributed by atoms with Crippen LogP contribution in [0.2, 0.25) is 0 Å². The summed E-state index contributed by atoms with van der Waals surface area (Å²) in [6, 6.07) is 2.84. The van der Waals surface area contributed by atoms with Gasteiger partial charge in [0.2, 0.25) is 21.8 Å². The summed E-state index contributed by atoms with van der Waals surface area (Å²) in [5.41, 5.74) is 1.91. The molecule has 0 radical (unpaired) electrons. The molecule has 0 saturated carbocycles. The molecular weight excluding hydrogens is 358 g/mol. The lowest BCUT2D eigenvalue weighted by molar-refractivity contribution is -0.117. The molecule has 0 unspecified atom stereocenters.